The summed E-state index contributed by atoms with van der Waals surface area (Å²) in [6.45, 7) is 0. The summed E-state index contributed by atoms with van der Waals surface area (Å²) in [6, 6.07) is 16.1. The summed E-state index contributed by atoms with van der Waals surface area (Å²) in [5, 5.41) is 19.7. The van der Waals surface area contributed by atoms with E-state index in [2.05, 4.69) is 19.9 Å². The van der Waals surface area contributed by atoms with Gasteiger partial charge in [0.15, 0.2) is 0 Å². The Labute approximate surface area is 221 Å². The second-order valence-corrected chi connectivity index (χ2v) is 8.08. The molecule has 0 aliphatic heterocycles. The van der Waals surface area contributed by atoms with Crippen molar-refractivity contribution in [2.45, 2.75) is 0 Å². The number of carbonyl (C=O) groups is 1. The number of aromatic amines is 2. The third-order valence-electron chi connectivity index (χ3n) is 5.44. The van der Waals surface area contributed by atoms with Crippen LogP contribution in [0, 0.1) is 23.0 Å². The zero-order valence-electron chi connectivity index (χ0n) is 19.9. The molecule has 0 fully saturated rings. The van der Waals surface area contributed by atoms with Crippen molar-refractivity contribution in [3.8, 4) is 29.1 Å². The number of nitrogens with one attached hydrogen (secondary N) is 2. The van der Waals surface area contributed by atoms with Crippen molar-refractivity contribution in [1.82, 2.24) is 19.9 Å². The van der Waals surface area contributed by atoms with Crippen LogP contribution in [0.2, 0.25) is 0 Å². The van der Waals surface area contributed by atoms with Gasteiger partial charge in [-0.15, -0.1) is 0 Å². The highest BCUT2D eigenvalue weighted by atomic mass is 19.1. The predicted molar refractivity (Wildman–Crippen MR) is 141 cm³/mol. The Kier molecular flexibility index (Phi) is 6.83. The van der Waals surface area contributed by atoms with E-state index in [1.807, 2.05) is 12.1 Å². The molecule has 3 N–H and O–H groups in total. The standard InChI is InChI=1S/C14H8FN3O.C14H9FN2O3.2H2/c15-11-2-1-10(7-16)13(6-11)19-12-5-9-3-4-17-14(9)18-8-12;15-9-1-2-11(14(18)19)12(6-9)20-10-5-8-3-4-16-13(8)17-7-10;;/h1-6,8H,(H,17,18);1-7H,(H,16,17)(H,18,19);2*1H. The van der Waals surface area contributed by atoms with Gasteiger partial charge in [-0.2, -0.15) is 5.26 Å². The highest BCUT2D eigenvalue weighted by molar-refractivity contribution is 5.91. The van der Waals surface area contributed by atoms with E-state index >= 15 is 0 Å². The largest absolute Gasteiger partial charge is 0.478 e. The molecule has 196 valence electrons. The molecule has 6 rings (SSSR count). The lowest BCUT2D eigenvalue weighted by Crippen LogP contribution is -2.00. The fourth-order valence-corrected chi connectivity index (χ4v) is 3.64. The van der Waals surface area contributed by atoms with Gasteiger partial charge in [-0.1, -0.05) is 0 Å². The number of ether oxygens (including phenoxy) is 2. The van der Waals surface area contributed by atoms with Gasteiger partial charge in [-0.3, -0.25) is 0 Å². The maximum atomic E-state index is 13.2. The van der Waals surface area contributed by atoms with Crippen LogP contribution >= 0.6 is 0 Å². The van der Waals surface area contributed by atoms with Crippen LogP contribution in [-0.2, 0) is 0 Å². The highest BCUT2D eigenvalue weighted by Gasteiger charge is 2.14. The number of hydrogen-bond donors (Lipinski definition) is 3. The average molecular weight is 530 g/mol. The van der Waals surface area contributed by atoms with E-state index in [-0.39, 0.29) is 25.5 Å². The van der Waals surface area contributed by atoms with Gasteiger partial charge in [-0.25, -0.2) is 23.5 Å². The summed E-state index contributed by atoms with van der Waals surface area (Å²) in [4.78, 5) is 25.2. The van der Waals surface area contributed by atoms with Gasteiger partial charge in [0.25, 0.3) is 0 Å². The fourth-order valence-electron chi connectivity index (χ4n) is 3.64. The van der Waals surface area contributed by atoms with Crippen molar-refractivity contribution in [2.75, 3.05) is 0 Å². The van der Waals surface area contributed by atoms with E-state index in [9.17, 15) is 13.6 Å². The fraction of sp³-hybridized carbons (Fsp3) is 0. The van der Waals surface area contributed by atoms with Crippen LogP contribution < -0.4 is 9.47 Å². The molecule has 0 atom stereocenters. The van der Waals surface area contributed by atoms with Crippen LogP contribution in [0.4, 0.5) is 8.78 Å². The Bertz CT molecular complexity index is 1870. The molecule has 0 radical (unpaired) electrons. The minimum absolute atomic E-state index is 0. The van der Waals surface area contributed by atoms with Gasteiger partial charge in [0, 0.05) is 38.2 Å². The molecule has 9 nitrogen and oxygen atoms in total. The minimum Gasteiger partial charge on any atom is -0.478 e. The van der Waals surface area contributed by atoms with Crippen LogP contribution in [0.1, 0.15) is 18.8 Å². The molecule has 0 spiro atoms. The summed E-state index contributed by atoms with van der Waals surface area (Å²) < 4.78 is 37.4. The van der Waals surface area contributed by atoms with Gasteiger partial charge >= 0.3 is 5.97 Å². The molecule has 6 aromatic rings. The van der Waals surface area contributed by atoms with Gasteiger partial charge in [0.2, 0.25) is 0 Å². The number of aromatic carboxylic acids is 1. The lowest BCUT2D eigenvalue weighted by Gasteiger charge is -2.08. The molecule has 0 bridgehead atoms. The number of pyridine rings is 2. The molecule has 0 aliphatic rings. The van der Waals surface area contributed by atoms with Crippen molar-refractivity contribution in [3.63, 3.8) is 0 Å². The van der Waals surface area contributed by atoms with E-state index < -0.39 is 17.6 Å². The van der Waals surface area contributed by atoms with E-state index in [1.54, 1.807) is 30.6 Å². The van der Waals surface area contributed by atoms with Crippen molar-refractivity contribution in [2.24, 2.45) is 0 Å². The number of carboxylic acid groups (broad SMARTS) is 1. The molecule has 0 amide bonds. The zero-order chi connectivity index (χ0) is 27.4. The molecule has 0 saturated carbocycles. The van der Waals surface area contributed by atoms with Gasteiger partial charge in [-0.05, 0) is 48.5 Å². The van der Waals surface area contributed by atoms with Crippen molar-refractivity contribution in [3.05, 3.63) is 108 Å². The summed E-state index contributed by atoms with van der Waals surface area (Å²) >= 11 is 0. The van der Waals surface area contributed by atoms with Crippen LogP contribution in [0.3, 0.4) is 0 Å². The van der Waals surface area contributed by atoms with Crippen LogP contribution in [0.25, 0.3) is 22.1 Å². The molecule has 11 heteroatoms. The molecule has 4 aromatic heterocycles. The smallest absolute Gasteiger partial charge is 0.339 e. The number of carboxylic acids is 1. The molecular weight excluding hydrogens is 508 g/mol. The Balaban J connectivity index is 0.000000215. The number of benzene rings is 2. The first kappa shape index (κ1) is 24.9. The second kappa shape index (κ2) is 10.7. The van der Waals surface area contributed by atoms with Crippen molar-refractivity contribution in [1.29, 1.82) is 5.26 Å². The first-order chi connectivity index (χ1) is 18.9. The van der Waals surface area contributed by atoms with Crippen molar-refractivity contribution < 1.29 is 31.0 Å². The molecular formula is C28H21F2N5O4. The molecule has 4 heterocycles. The average Bonchev–Trinajstić information content (AvgIpc) is 3.58. The first-order valence-electron chi connectivity index (χ1n) is 11.3. The number of aromatic nitrogens is 4. The van der Waals surface area contributed by atoms with E-state index in [0.29, 0.717) is 17.1 Å². The summed E-state index contributed by atoms with van der Waals surface area (Å²) in [7, 11) is 0. The van der Waals surface area contributed by atoms with E-state index in [0.717, 1.165) is 34.6 Å². The molecule has 0 unspecified atom stereocenters. The Morgan fingerprint density at radius 3 is 1.92 bits per heavy atom. The van der Waals surface area contributed by atoms with Crippen molar-refractivity contribution >= 4 is 28.0 Å². The molecule has 0 aliphatic carbocycles. The lowest BCUT2D eigenvalue weighted by atomic mass is 10.2. The van der Waals surface area contributed by atoms with Crippen LogP contribution in [0.5, 0.6) is 23.0 Å². The third kappa shape index (κ3) is 5.65. The number of H-pyrrole nitrogens is 2. The highest BCUT2D eigenvalue weighted by Crippen LogP contribution is 2.29. The quantitative estimate of drug-likeness (QED) is 0.218. The number of hydrogen-bond acceptors (Lipinski definition) is 6. The predicted octanol–water partition coefficient (Wildman–Crippen LogP) is 7.05. The Morgan fingerprint density at radius 1 is 0.821 bits per heavy atom. The minimum atomic E-state index is -1.18. The molecule has 2 aromatic carbocycles. The van der Waals surface area contributed by atoms with E-state index in [4.69, 9.17) is 19.8 Å². The SMILES string of the molecule is N#Cc1ccc(F)cc1Oc1cnc2[nH]ccc2c1.O=C(O)c1ccc(F)cc1Oc1cnc2[nH]ccc2c1.[HH].[HH]. The Hall–Kier alpha value is -5.76. The van der Waals surface area contributed by atoms with Gasteiger partial charge in [0.05, 0.1) is 18.0 Å². The zero-order valence-corrected chi connectivity index (χ0v) is 19.9. The van der Waals surface area contributed by atoms with E-state index in [1.165, 1.54) is 30.6 Å². The van der Waals surface area contributed by atoms with Gasteiger partial charge < -0.3 is 24.5 Å². The first-order valence-corrected chi connectivity index (χ1v) is 11.3. The molecule has 39 heavy (non-hydrogen) atoms. The summed E-state index contributed by atoms with van der Waals surface area (Å²) in [5.74, 6) is -1.30. The second-order valence-electron chi connectivity index (χ2n) is 8.08. The number of halogens is 2. The van der Waals surface area contributed by atoms with Crippen LogP contribution in [-0.4, -0.2) is 31.0 Å². The Morgan fingerprint density at radius 2 is 1.36 bits per heavy atom. The third-order valence-corrected chi connectivity index (χ3v) is 5.44. The topological polar surface area (TPSA) is 137 Å². The monoisotopic (exact) mass is 529 g/mol. The summed E-state index contributed by atoms with van der Waals surface area (Å²) in [5.41, 5.74) is 1.60. The lowest BCUT2D eigenvalue weighted by molar-refractivity contribution is 0.0694. The number of nitrogens with zero attached hydrogens (tertiary/aromatic N) is 3. The molecule has 0 saturated heterocycles. The number of rotatable bonds is 5. The van der Waals surface area contributed by atoms with Gasteiger partial charge in [0.1, 0.15) is 57.6 Å². The summed E-state index contributed by atoms with van der Waals surface area (Å²) in [6.07, 6.45) is 6.46. The van der Waals surface area contributed by atoms with Crippen LogP contribution in [0.15, 0.2) is 85.5 Å². The normalized spacial score (nSPS) is 10.5. The maximum Gasteiger partial charge on any atom is 0.339 e. The number of fused-ring (bicyclic) bond motifs is 2. The maximum absolute atomic E-state index is 13.2. The number of nitriles is 1.